The standard InChI is InChI=1S/C21H22N4O5S2/c1-14-3-5-16(6-4-14)23-32(28,29)18-7-12-31-19(18)21(27)25-10-8-24(9-11-25)20(26)17-13-15(2)22-30-17/h3-7,12-13,23H,8-11H2,1-2H3. The van der Waals surface area contributed by atoms with Crippen LogP contribution in [0.1, 0.15) is 31.5 Å². The highest BCUT2D eigenvalue weighted by Crippen LogP contribution is 2.26. The number of hydrogen-bond donors (Lipinski definition) is 1. The maximum atomic E-state index is 13.1. The SMILES string of the molecule is Cc1ccc(NS(=O)(=O)c2ccsc2C(=O)N2CCN(C(=O)c3cc(C)no3)CC2)cc1. The van der Waals surface area contributed by atoms with Crippen LogP contribution in [0, 0.1) is 13.8 Å². The minimum atomic E-state index is -3.93. The molecule has 1 saturated heterocycles. The number of sulfonamides is 1. The number of carbonyl (C=O) groups is 2. The summed E-state index contributed by atoms with van der Waals surface area (Å²) in [5.74, 6) is -0.484. The second-order valence-electron chi connectivity index (χ2n) is 7.50. The second kappa shape index (κ2) is 8.75. The average Bonchev–Trinajstić information content (AvgIpc) is 3.44. The van der Waals surface area contributed by atoms with E-state index in [2.05, 4.69) is 9.88 Å². The number of anilines is 1. The number of carbonyl (C=O) groups excluding carboxylic acids is 2. The van der Waals surface area contributed by atoms with E-state index in [0.717, 1.165) is 16.9 Å². The maximum Gasteiger partial charge on any atom is 0.292 e. The molecule has 2 amide bonds. The molecule has 0 radical (unpaired) electrons. The zero-order chi connectivity index (χ0) is 22.9. The van der Waals surface area contributed by atoms with Crippen LogP contribution in [0.25, 0.3) is 0 Å². The van der Waals surface area contributed by atoms with Crippen molar-refractivity contribution in [2.24, 2.45) is 0 Å². The van der Waals surface area contributed by atoms with Crippen molar-refractivity contribution in [3.05, 3.63) is 63.7 Å². The van der Waals surface area contributed by atoms with Crippen molar-refractivity contribution in [1.29, 1.82) is 0 Å². The van der Waals surface area contributed by atoms with Crippen LogP contribution < -0.4 is 4.72 Å². The fraction of sp³-hybridized carbons (Fsp3) is 0.286. The molecule has 2 aromatic heterocycles. The van der Waals surface area contributed by atoms with Crippen LogP contribution in [0.2, 0.25) is 0 Å². The molecule has 1 fully saturated rings. The van der Waals surface area contributed by atoms with Gasteiger partial charge < -0.3 is 14.3 Å². The molecule has 32 heavy (non-hydrogen) atoms. The van der Waals surface area contributed by atoms with Gasteiger partial charge >= 0.3 is 0 Å². The molecule has 4 rings (SSSR count). The summed E-state index contributed by atoms with van der Waals surface area (Å²) in [5.41, 5.74) is 2.05. The van der Waals surface area contributed by atoms with Crippen molar-refractivity contribution in [3.8, 4) is 0 Å². The van der Waals surface area contributed by atoms with E-state index >= 15 is 0 Å². The number of nitrogens with zero attached hydrogens (tertiary/aromatic N) is 3. The number of hydrogen-bond acceptors (Lipinski definition) is 7. The minimum Gasteiger partial charge on any atom is -0.351 e. The predicted molar refractivity (Wildman–Crippen MR) is 119 cm³/mol. The topological polar surface area (TPSA) is 113 Å². The first-order chi connectivity index (χ1) is 15.2. The van der Waals surface area contributed by atoms with Gasteiger partial charge in [-0.3, -0.25) is 14.3 Å². The zero-order valence-corrected chi connectivity index (χ0v) is 19.2. The number of rotatable bonds is 5. The molecule has 1 N–H and O–H groups in total. The van der Waals surface area contributed by atoms with Crippen LogP contribution in [-0.2, 0) is 10.0 Å². The lowest BCUT2D eigenvalue weighted by Gasteiger charge is -2.34. The molecule has 0 atom stereocenters. The van der Waals surface area contributed by atoms with E-state index in [1.807, 2.05) is 6.92 Å². The number of aryl methyl sites for hydroxylation is 2. The molecule has 11 heteroatoms. The van der Waals surface area contributed by atoms with E-state index in [9.17, 15) is 18.0 Å². The highest BCUT2D eigenvalue weighted by atomic mass is 32.2. The smallest absolute Gasteiger partial charge is 0.292 e. The number of nitrogens with one attached hydrogen (secondary N) is 1. The van der Waals surface area contributed by atoms with Gasteiger partial charge in [0.05, 0.1) is 5.69 Å². The molecule has 3 heterocycles. The predicted octanol–water partition coefficient (Wildman–Crippen LogP) is 2.75. The average molecular weight is 475 g/mol. The zero-order valence-electron chi connectivity index (χ0n) is 17.6. The third kappa shape index (κ3) is 4.53. The summed E-state index contributed by atoms with van der Waals surface area (Å²) in [7, 11) is -3.93. The first-order valence-electron chi connectivity index (χ1n) is 9.93. The molecule has 1 aromatic carbocycles. The normalized spacial score (nSPS) is 14.4. The van der Waals surface area contributed by atoms with Crippen LogP contribution in [0.5, 0.6) is 0 Å². The summed E-state index contributed by atoms with van der Waals surface area (Å²) >= 11 is 1.08. The Hall–Kier alpha value is -3.18. The van der Waals surface area contributed by atoms with E-state index < -0.39 is 10.0 Å². The Morgan fingerprint density at radius 3 is 2.22 bits per heavy atom. The highest BCUT2D eigenvalue weighted by Gasteiger charge is 2.31. The Labute approximate surface area is 189 Å². The van der Waals surface area contributed by atoms with Crippen LogP contribution in [0.4, 0.5) is 5.69 Å². The van der Waals surface area contributed by atoms with Gasteiger partial charge in [0.2, 0.25) is 5.76 Å². The molecule has 0 saturated carbocycles. The van der Waals surface area contributed by atoms with E-state index in [4.69, 9.17) is 4.52 Å². The quantitative estimate of drug-likeness (QED) is 0.608. The largest absolute Gasteiger partial charge is 0.351 e. The Kier molecular flexibility index (Phi) is 6.02. The molecular weight excluding hydrogens is 452 g/mol. The molecule has 0 bridgehead atoms. The summed E-state index contributed by atoms with van der Waals surface area (Å²) in [6.45, 7) is 4.87. The lowest BCUT2D eigenvalue weighted by molar-refractivity contribution is 0.0513. The number of thiophene rings is 1. The van der Waals surface area contributed by atoms with E-state index in [1.54, 1.807) is 52.4 Å². The molecule has 1 aliphatic rings. The van der Waals surface area contributed by atoms with Gasteiger partial charge in [-0.2, -0.15) is 0 Å². The van der Waals surface area contributed by atoms with Crippen molar-refractivity contribution in [1.82, 2.24) is 15.0 Å². The number of amides is 2. The van der Waals surface area contributed by atoms with Crippen molar-refractivity contribution in [2.75, 3.05) is 30.9 Å². The van der Waals surface area contributed by atoms with Gasteiger partial charge in [0.1, 0.15) is 9.77 Å². The lowest BCUT2D eigenvalue weighted by Crippen LogP contribution is -2.50. The Morgan fingerprint density at radius 2 is 1.62 bits per heavy atom. The third-order valence-electron chi connectivity index (χ3n) is 5.11. The molecule has 0 aliphatic carbocycles. The van der Waals surface area contributed by atoms with E-state index in [0.29, 0.717) is 37.6 Å². The van der Waals surface area contributed by atoms with Crippen LogP contribution in [0.15, 0.2) is 51.2 Å². The molecule has 168 valence electrons. The Balaban J connectivity index is 1.44. The first kappa shape index (κ1) is 22.0. The minimum absolute atomic E-state index is 0.0521. The van der Waals surface area contributed by atoms with Gasteiger partial charge in [-0.15, -0.1) is 11.3 Å². The fourth-order valence-electron chi connectivity index (χ4n) is 3.37. The van der Waals surface area contributed by atoms with Gasteiger partial charge in [-0.05, 0) is 37.4 Å². The van der Waals surface area contributed by atoms with Crippen LogP contribution >= 0.6 is 11.3 Å². The molecule has 0 unspecified atom stereocenters. The van der Waals surface area contributed by atoms with Gasteiger partial charge in [-0.1, -0.05) is 22.9 Å². The molecule has 3 aromatic rings. The summed E-state index contributed by atoms with van der Waals surface area (Å²) in [5, 5.41) is 5.31. The van der Waals surface area contributed by atoms with Gasteiger partial charge in [-0.25, -0.2) is 8.42 Å². The molecular formula is C21H22N4O5S2. The monoisotopic (exact) mass is 474 g/mol. The summed E-state index contributed by atoms with van der Waals surface area (Å²) in [6, 6.07) is 9.96. The number of piperazine rings is 1. The highest BCUT2D eigenvalue weighted by molar-refractivity contribution is 7.93. The maximum absolute atomic E-state index is 13.1. The summed E-state index contributed by atoms with van der Waals surface area (Å²) < 4.78 is 33.4. The first-order valence-corrected chi connectivity index (χ1v) is 12.3. The van der Waals surface area contributed by atoms with Crippen molar-refractivity contribution in [3.63, 3.8) is 0 Å². The third-order valence-corrected chi connectivity index (χ3v) is 7.56. The molecule has 0 spiro atoms. The Bertz CT molecular complexity index is 1240. The number of aromatic nitrogens is 1. The second-order valence-corrected chi connectivity index (χ2v) is 10.1. The van der Waals surface area contributed by atoms with E-state index in [-0.39, 0.29) is 27.3 Å². The van der Waals surface area contributed by atoms with Gasteiger partial charge in [0.15, 0.2) is 0 Å². The van der Waals surface area contributed by atoms with Gasteiger partial charge in [0, 0.05) is 37.9 Å². The summed E-state index contributed by atoms with van der Waals surface area (Å²) in [6.07, 6.45) is 0. The van der Waals surface area contributed by atoms with Crippen molar-refractivity contribution in [2.45, 2.75) is 18.7 Å². The fourth-order valence-corrected chi connectivity index (χ4v) is 5.82. The van der Waals surface area contributed by atoms with Gasteiger partial charge in [0.25, 0.3) is 21.8 Å². The molecule has 9 nitrogen and oxygen atoms in total. The van der Waals surface area contributed by atoms with Crippen LogP contribution in [0.3, 0.4) is 0 Å². The number of benzene rings is 1. The lowest BCUT2D eigenvalue weighted by atomic mass is 10.2. The van der Waals surface area contributed by atoms with E-state index in [1.165, 1.54) is 6.07 Å². The van der Waals surface area contributed by atoms with Crippen LogP contribution in [-0.4, -0.2) is 61.4 Å². The Morgan fingerprint density at radius 1 is 1.00 bits per heavy atom. The molecule has 1 aliphatic heterocycles. The summed E-state index contributed by atoms with van der Waals surface area (Å²) in [4.78, 5) is 28.8. The van der Waals surface area contributed by atoms with Crippen molar-refractivity contribution < 1.29 is 22.5 Å². The van der Waals surface area contributed by atoms with Crippen molar-refractivity contribution >= 4 is 38.9 Å².